The number of rotatable bonds is 5. The fourth-order valence-electron chi connectivity index (χ4n) is 3.29. The van der Waals surface area contributed by atoms with E-state index >= 15 is 0 Å². The van der Waals surface area contributed by atoms with Crippen molar-refractivity contribution in [3.63, 3.8) is 0 Å². The van der Waals surface area contributed by atoms with Crippen molar-refractivity contribution in [3.05, 3.63) is 63.7 Å². The van der Waals surface area contributed by atoms with Gasteiger partial charge in [-0.25, -0.2) is 9.18 Å². The predicted octanol–water partition coefficient (Wildman–Crippen LogP) is 3.28. The van der Waals surface area contributed by atoms with Crippen LogP contribution in [0.5, 0.6) is 0 Å². The standard InChI is InChI=1S/C19H18FN3O3/c1-11-9-16(12(2)23(11)15-7-8-15)17(24)10-22-19(25)26-18(21-22)13-3-5-14(20)6-4-13/h3-6,9,15H,7-8,10H2,1-2H3. The summed E-state index contributed by atoms with van der Waals surface area (Å²) >= 11 is 0. The van der Waals surface area contributed by atoms with Crippen LogP contribution >= 0.6 is 0 Å². The maximum absolute atomic E-state index is 13.0. The van der Waals surface area contributed by atoms with Gasteiger partial charge in [0.25, 0.3) is 0 Å². The molecular weight excluding hydrogens is 337 g/mol. The van der Waals surface area contributed by atoms with Gasteiger partial charge in [0.2, 0.25) is 5.89 Å². The average Bonchev–Trinajstić information content (AvgIpc) is 3.30. The Balaban J connectivity index is 1.60. The number of benzene rings is 1. The summed E-state index contributed by atoms with van der Waals surface area (Å²) in [7, 11) is 0. The third-order valence-corrected chi connectivity index (χ3v) is 4.69. The molecule has 0 N–H and O–H groups in total. The van der Waals surface area contributed by atoms with Crippen LogP contribution in [0.3, 0.4) is 0 Å². The summed E-state index contributed by atoms with van der Waals surface area (Å²) in [4.78, 5) is 24.7. The lowest BCUT2D eigenvalue weighted by molar-refractivity contribution is 0.0964. The predicted molar refractivity (Wildman–Crippen MR) is 92.7 cm³/mol. The molecule has 2 heterocycles. The van der Waals surface area contributed by atoms with Crippen molar-refractivity contribution in [2.75, 3.05) is 0 Å². The summed E-state index contributed by atoms with van der Waals surface area (Å²) < 4.78 is 21.3. The zero-order valence-electron chi connectivity index (χ0n) is 14.5. The zero-order valence-corrected chi connectivity index (χ0v) is 14.5. The molecule has 0 atom stereocenters. The van der Waals surface area contributed by atoms with Crippen molar-refractivity contribution in [1.29, 1.82) is 0 Å². The van der Waals surface area contributed by atoms with Crippen LogP contribution in [-0.2, 0) is 6.54 Å². The molecule has 134 valence electrons. The van der Waals surface area contributed by atoms with Crippen LogP contribution in [0.1, 0.15) is 40.6 Å². The lowest BCUT2D eigenvalue weighted by atomic mass is 10.1. The fourth-order valence-corrected chi connectivity index (χ4v) is 3.29. The van der Waals surface area contributed by atoms with Crippen LogP contribution in [0.4, 0.5) is 4.39 Å². The van der Waals surface area contributed by atoms with E-state index in [1.807, 2.05) is 19.9 Å². The van der Waals surface area contributed by atoms with E-state index < -0.39 is 11.6 Å². The van der Waals surface area contributed by atoms with Gasteiger partial charge in [-0.2, -0.15) is 4.68 Å². The molecule has 2 aromatic heterocycles. The Morgan fingerprint density at radius 2 is 1.96 bits per heavy atom. The first kappa shape index (κ1) is 16.5. The summed E-state index contributed by atoms with van der Waals surface area (Å²) in [5, 5.41) is 4.07. The molecule has 1 saturated carbocycles. The summed E-state index contributed by atoms with van der Waals surface area (Å²) in [6, 6.07) is 7.79. The van der Waals surface area contributed by atoms with Crippen LogP contribution < -0.4 is 5.76 Å². The van der Waals surface area contributed by atoms with Crippen molar-refractivity contribution in [2.45, 2.75) is 39.3 Å². The largest absolute Gasteiger partial charge is 0.437 e. The van der Waals surface area contributed by atoms with E-state index in [0.717, 1.165) is 28.9 Å². The Morgan fingerprint density at radius 3 is 2.62 bits per heavy atom. The molecule has 0 aliphatic heterocycles. The molecular formula is C19H18FN3O3. The second kappa shape index (κ2) is 6.09. The number of ketones is 1. The highest BCUT2D eigenvalue weighted by Gasteiger charge is 2.28. The lowest BCUT2D eigenvalue weighted by Crippen LogP contribution is -2.22. The summed E-state index contributed by atoms with van der Waals surface area (Å²) in [5.74, 6) is -1.23. The Labute approximate surface area is 148 Å². The number of halogens is 1. The topological polar surface area (TPSA) is 70.0 Å². The highest BCUT2D eigenvalue weighted by Crippen LogP contribution is 2.38. The normalized spacial score (nSPS) is 14.0. The lowest BCUT2D eigenvalue weighted by Gasteiger charge is -2.07. The van der Waals surface area contributed by atoms with Crippen LogP contribution in [0.25, 0.3) is 11.5 Å². The minimum absolute atomic E-state index is 0.0613. The second-order valence-electron chi connectivity index (χ2n) is 6.65. The van der Waals surface area contributed by atoms with Gasteiger partial charge in [0.1, 0.15) is 12.4 Å². The molecule has 0 saturated heterocycles. The number of nitrogens with zero attached hydrogens (tertiary/aromatic N) is 3. The molecule has 1 aromatic carbocycles. The van der Waals surface area contributed by atoms with Crippen LogP contribution in [-0.4, -0.2) is 20.1 Å². The first-order valence-corrected chi connectivity index (χ1v) is 8.49. The molecule has 0 unspecified atom stereocenters. The molecule has 7 heteroatoms. The quantitative estimate of drug-likeness (QED) is 0.659. The number of aromatic nitrogens is 3. The molecule has 3 aromatic rings. The van der Waals surface area contributed by atoms with Gasteiger partial charge in [0, 0.05) is 28.6 Å². The van der Waals surface area contributed by atoms with Gasteiger partial charge in [0.05, 0.1) is 0 Å². The molecule has 1 aliphatic rings. The molecule has 1 aliphatic carbocycles. The highest BCUT2D eigenvalue weighted by molar-refractivity contribution is 5.97. The van der Waals surface area contributed by atoms with E-state index in [2.05, 4.69) is 9.67 Å². The fraction of sp³-hybridized carbons (Fsp3) is 0.316. The van der Waals surface area contributed by atoms with Crippen LogP contribution in [0.15, 0.2) is 39.5 Å². The monoisotopic (exact) mass is 355 g/mol. The minimum atomic E-state index is -0.714. The van der Waals surface area contributed by atoms with Crippen molar-refractivity contribution in [3.8, 4) is 11.5 Å². The molecule has 0 amide bonds. The summed E-state index contributed by atoms with van der Waals surface area (Å²) in [5.41, 5.74) is 3.05. The van der Waals surface area contributed by atoms with Crippen LogP contribution in [0.2, 0.25) is 0 Å². The van der Waals surface area contributed by atoms with E-state index in [9.17, 15) is 14.0 Å². The van der Waals surface area contributed by atoms with E-state index in [4.69, 9.17) is 4.42 Å². The minimum Gasteiger partial charge on any atom is -0.388 e. The van der Waals surface area contributed by atoms with Gasteiger partial charge in [-0.3, -0.25) is 4.79 Å². The Bertz CT molecular complexity index is 1040. The number of aryl methyl sites for hydroxylation is 1. The maximum Gasteiger partial charge on any atom is 0.437 e. The van der Waals surface area contributed by atoms with E-state index in [0.29, 0.717) is 17.2 Å². The molecule has 0 bridgehead atoms. The van der Waals surface area contributed by atoms with E-state index in [-0.39, 0.29) is 18.2 Å². The molecule has 4 rings (SSSR count). The number of hydrogen-bond acceptors (Lipinski definition) is 4. The second-order valence-corrected chi connectivity index (χ2v) is 6.65. The maximum atomic E-state index is 13.0. The first-order chi connectivity index (χ1) is 12.4. The summed E-state index contributed by atoms with van der Waals surface area (Å²) in [6.07, 6.45) is 2.27. The van der Waals surface area contributed by atoms with Crippen molar-refractivity contribution in [2.24, 2.45) is 0 Å². The number of Topliss-reactive ketones (excluding diaryl/α,β-unsaturated/α-hetero) is 1. The molecule has 0 radical (unpaired) electrons. The van der Waals surface area contributed by atoms with Crippen LogP contribution in [0, 0.1) is 19.7 Å². The average molecular weight is 355 g/mol. The van der Waals surface area contributed by atoms with Crippen molar-refractivity contribution >= 4 is 5.78 Å². The SMILES string of the molecule is Cc1cc(C(=O)Cn2nc(-c3ccc(F)cc3)oc2=O)c(C)n1C1CC1. The number of carbonyl (C=O) groups excluding carboxylic acids is 1. The highest BCUT2D eigenvalue weighted by atomic mass is 19.1. The van der Waals surface area contributed by atoms with Gasteiger partial charge in [0.15, 0.2) is 5.78 Å². The van der Waals surface area contributed by atoms with Gasteiger partial charge in [-0.05, 0) is 57.0 Å². The number of hydrogen-bond donors (Lipinski definition) is 0. The Morgan fingerprint density at radius 1 is 1.27 bits per heavy atom. The van der Waals surface area contributed by atoms with Gasteiger partial charge in [-0.15, -0.1) is 5.10 Å². The smallest absolute Gasteiger partial charge is 0.388 e. The van der Waals surface area contributed by atoms with Crippen molar-refractivity contribution in [1.82, 2.24) is 14.3 Å². The van der Waals surface area contributed by atoms with Gasteiger partial charge in [-0.1, -0.05) is 0 Å². The zero-order chi connectivity index (χ0) is 18.4. The van der Waals surface area contributed by atoms with E-state index in [1.165, 1.54) is 24.3 Å². The van der Waals surface area contributed by atoms with Gasteiger partial charge >= 0.3 is 5.76 Å². The number of carbonyl (C=O) groups is 1. The molecule has 0 spiro atoms. The summed E-state index contributed by atoms with van der Waals surface area (Å²) in [6.45, 7) is 3.71. The van der Waals surface area contributed by atoms with E-state index in [1.54, 1.807) is 0 Å². The Hall–Kier alpha value is -2.96. The molecule has 1 fully saturated rings. The Kier molecular flexibility index (Phi) is 3.86. The van der Waals surface area contributed by atoms with Gasteiger partial charge < -0.3 is 8.98 Å². The molecule has 26 heavy (non-hydrogen) atoms. The third kappa shape index (κ3) is 2.89. The molecule has 6 nitrogen and oxygen atoms in total. The first-order valence-electron chi connectivity index (χ1n) is 8.49. The van der Waals surface area contributed by atoms with Crippen molar-refractivity contribution < 1.29 is 13.6 Å². The third-order valence-electron chi connectivity index (χ3n) is 4.69.